The molecule has 136 valence electrons. The number of carbonyl (C=O) groups excluding carboxylic acids is 1. The first-order valence-corrected chi connectivity index (χ1v) is 9.19. The van der Waals surface area contributed by atoms with Crippen LogP contribution in [-0.4, -0.2) is 22.1 Å². The van der Waals surface area contributed by atoms with Crippen LogP contribution in [0, 0.1) is 17.3 Å². The second-order valence-corrected chi connectivity index (χ2v) is 8.10. The molecule has 26 heavy (non-hydrogen) atoms. The molecule has 0 amide bonds. The number of hydrogen-bond donors (Lipinski definition) is 0. The molecular formula is C21H24N2O3. The van der Waals surface area contributed by atoms with Gasteiger partial charge in [0, 0.05) is 13.5 Å². The quantitative estimate of drug-likeness (QED) is 0.624. The first-order valence-electron chi connectivity index (χ1n) is 9.19. The third-order valence-corrected chi connectivity index (χ3v) is 6.36. The van der Waals surface area contributed by atoms with E-state index in [0.29, 0.717) is 34.4 Å². The third kappa shape index (κ3) is 2.66. The molecule has 2 atom stereocenters. The van der Waals surface area contributed by atoms with Crippen molar-refractivity contribution in [3.8, 4) is 0 Å². The summed E-state index contributed by atoms with van der Waals surface area (Å²) in [5.74, 6) is 1.06. The van der Waals surface area contributed by atoms with Crippen LogP contribution >= 0.6 is 0 Å². The van der Waals surface area contributed by atoms with Crippen LogP contribution in [0.3, 0.4) is 0 Å². The molecule has 0 N–H and O–H groups in total. The molecule has 5 heteroatoms. The van der Waals surface area contributed by atoms with E-state index in [1.54, 1.807) is 25.2 Å². The van der Waals surface area contributed by atoms with E-state index in [4.69, 9.17) is 4.74 Å². The van der Waals surface area contributed by atoms with Crippen molar-refractivity contribution in [1.82, 2.24) is 9.55 Å². The monoisotopic (exact) mass is 352 g/mol. The average Bonchev–Trinajstić information content (AvgIpc) is 2.64. The van der Waals surface area contributed by atoms with Gasteiger partial charge >= 0.3 is 5.97 Å². The van der Waals surface area contributed by atoms with Gasteiger partial charge in [-0.05, 0) is 48.3 Å². The molecule has 0 saturated heterocycles. The lowest BCUT2D eigenvalue weighted by atomic mass is 9.48. The van der Waals surface area contributed by atoms with Gasteiger partial charge in [0.25, 0.3) is 5.56 Å². The Morgan fingerprint density at radius 3 is 2.92 bits per heavy atom. The first kappa shape index (κ1) is 17.0. The summed E-state index contributed by atoms with van der Waals surface area (Å²) in [6.45, 7) is 5.06. The van der Waals surface area contributed by atoms with Gasteiger partial charge in [0.2, 0.25) is 0 Å². The number of aromatic nitrogens is 2. The van der Waals surface area contributed by atoms with Gasteiger partial charge in [-0.1, -0.05) is 25.5 Å². The molecule has 1 saturated carbocycles. The van der Waals surface area contributed by atoms with E-state index in [0.717, 1.165) is 18.8 Å². The molecule has 0 unspecified atom stereocenters. The van der Waals surface area contributed by atoms with Gasteiger partial charge in [-0.2, -0.15) is 0 Å². The fraction of sp³-hybridized carbons (Fsp3) is 0.476. The number of hydrogen-bond acceptors (Lipinski definition) is 4. The summed E-state index contributed by atoms with van der Waals surface area (Å²) in [5, 5.41) is 0.432. The summed E-state index contributed by atoms with van der Waals surface area (Å²) < 4.78 is 6.88. The van der Waals surface area contributed by atoms with Crippen molar-refractivity contribution in [3.63, 3.8) is 0 Å². The maximum atomic E-state index is 12.4. The minimum atomic E-state index is -0.389. The maximum Gasteiger partial charge on any atom is 0.338 e. The van der Waals surface area contributed by atoms with Crippen LogP contribution in [0.5, 0.6) is 0 Å². The molecule has 3 aliphatic rings. The zero-order chi connectivity index (χ0) is 18.5. The number of allylic oxidation sites excluding steroid dienone is 1. The van der Waals surface area contributed by atoms with E-state index < -0.39 is 0 Å². The molecule has 2 bridgehead atoms. The molecule has 0 radical (unpaired) electrons. The number of benzene rings is 1. The topological polar surface area (TPSA) is 61.2 Å². The largest absolute Gasteiger partial charge is 0.462 e. The normalized spacial score (nSPS) is 23.3. The lowest BCUT2D eigenvalue weighted by molar-refractivity contribution is -0.0103. The van der Waals surface area contributed by atoms with Gasteiger partial charge in [0.15, 0.2) is 0 Å². The Morgan fingerprint density at radius 1 is 1.38 bits per heavy atom. The Morgan fingerprint density at radius 2 is 2.19 bits per heavy atom. The van der Waals surface area contributed by atoms with E-state index in [1.165, 1.54) is 22.9 Å². The van der Waals surface area contributed by atoms with E-state index in [-0.39, 0.29) is 11.5 Å². The average molecular weight is 352 g/mol. The zero-order valence-corrected chi connectivity index (χ0v) is 15.5. The highest BCUT2D eigenvalue weighted by molar-refractivity contribution is 5.94. The highest BCUT2D eigenvalue weighted by Crippen LogP contribution is 2.59. The summed E-state index contributed by atoms with van der Waals surface area (Å²) in [6, 6.07) is 4.93. The summed E-state index contributed by atoms with van der Waals surface area (Å²) in [7, 11) is 1.64. The van der Waals surface area contributed by atoms with Gasteiger partial charge in [-0.25, -0.2) is 9.78 Å². The third-order valence-electron chi connectivity index (χ3n) is 6.36. The van der Waals surface area contributed by atoms with E-state index >= 15 is 0 Å². The van der Waals surface area contributed by atoms with E-state index in [1.807, 2.05) is 0 Å². The Kier molecular flexibility index (Phi) is 3.98. The molecule has 0 spiro atoms. The number of nitrogens with zero attached hydrogens (tertiary/aromatic N) is 2. The number of ether oxygens (including phenoxy) is 1. The molecule has 0 aliphatic heterocycles. The fourth-order valence-electron chi connectivity index (χ4n) is 4.44. The highest BCUT2D eigenvalue weighted by atomic mass is 16.5. The molecule has 5 nitrogen and oxygen atoms in total. The van der Waals surface area contributed by atoms with Gasteiger partial charge in [-0.15, -0.1) is 0 Å². The second-order valence-electron chi connectivity index (χ2n) is 8.10. The predicted octanol–water partition coefficient (Wildman–Crippen LogP) is 3.47. The number of aryl methyl sites for hydroxylation is 1. The number of esters is 1. The van der Waals surface area contributed by atoms with Gasteiger partial charge < -0.3 is 9.30 Å². The number of rotatable bonds is 4. The fourth-order valence-corrected chi connectivity index (χ4v) is 4.44. The second kappa shape index (κ2) is 6.08. The van der Waals surface area contributed by atoms with Crippen molar-refractivity contribution in [2.75, 3.05) is 6.61 Å². The smallest absolute Gasteiger partial charge is 0.338 e. The SMILES string of the molecule is Cn1cnc2ccc(C(=O)OCCC3=CC[C@H]4C[C@@H]3C4(C)C)cc2c1=O. The molecule has 1 heterocycles. The van der Waals surface area contributed by atoms with Gasteiger partial charge in [0.05, 0.1) is 29.4 Å². The standard InChI is InChI=1S/C21H24N2O3/c1-21(2)15-6-4-13(17(21)11-15)8-9-26-20(25)14-5-7-18-16(10-14)19(24)23(3)12-22-18/h4-5,7,10,12,15,17H,6,8-9,11H2,1-3H3/t15-,17-/m0/s1. The van der Waals surface area contributed by atoms with Crippen molar-refractivity contribution in [1.29, 1.82) is 0 Å². The van der Waals surface area contributed by atoms with Crippen LogP contribution in [0.1, 0.15) is 43.5 Å². The number of carbonyl (C=O) groups is 1. The van der Waals surface area contributed by atoms with E-state index in [2.05, 4.69) is 24.9 Å². The Balaban J connectivity index is 1.43. The van der Waals surface area contributed by atoms with Crippen LogP contribution < -0.4 is 5.56 Å². The zero-order valence-electron chi connectivity index (χ0n) is 15.5. The highest BCUT2D eigenvalue weighted by Gasteiger charge is 2.50. The summed E-state index contributed by atoms with van der Waals surface area (Å²) >= 11 is 0. The Labute approximate surface area is 152 Å². The molecule has 1 aromatic carbocycles. The summed E-state index contributed by atoms with van der Waals surface area (Å²) in [4.78, 5) is 28.8. The summed E-state index contributed by atoms with van der Waals surface area (Å²) in [5.41, 5.74) is 2.63. The lowest BCUT2D eigenvalue weighted by Crippen LogP contribution is -2.48. The van der Waals surface area contributed by atoms with Gasteiger partial charge in [0.1, 0.15) is 0 Å². The Hall–Kier alpha value is -2.43. The van der Waals surface area contributed by atoms with Crippen molar-refractivity contribution >= 4 is 16.9 Å². The van der Waals surface area contributed by atoms with Crippen LogP contribution in [0.2, 0.25) is 0 Å². The van der Waals surface area contributed by atoms with Crippen LogP contribution in [0.15, 0.2) is 41.0 Å². The first-order chi connectivity index (χ1) is 12.4. The van der Waals surface area contributed by atoms with Crippen molar-refractivity contribution in [2.45, 2.75) is 33.1 Å². The van der Waals surface area contributed by atoms with Crippen molar-refractivity contribution in [2.24, 2.45) is 24.3 Å². The van der Waals surface area contributed by atoms with Crippen molar-refractivity contribution < 1.29 is 9.53 Å². The minimum Gasteiger partial charge on any atom is -0.462 e. The molecular weight excluding hydrogens is 328 g/mol. The van der Waals surface area contributed by atoms with Crippen LogP contribution in [0.25, 0.3) is 10.9 Å². The molecule has 5 rings (SSSR count). The van der Waals surface area contributed by atoms with Crippen LogP contribution in [-0.2, 0) is 11.8 Å². The Bertz CT molecular complexity index is 971. The minimum absolute atomic E-state index is 0.168. The van der Waals surface area contributed by atoms with Crippen LogP contribution in [0.4, 0.5) is 0 Å². The van der Waals surface area contributed by atoms with Gasteiger partial charge in [-0.3, -0.25) is 4.79 Å². The molecule has 1 fully saturated rings. The van der Waals surface area contributed by atoms with Crippen molar-refractivity contribution in [3.05, 3.63) is 52.1 Å². The maximum absolute atomic E-state index is 12.4. The summed E-state index contributed by atoms with van der Waals surface area (Å²) in [6.07, 6.45) is 7.03. The number of fused-ring (bicyclic) bond motifs is 2. The lowest BCUT2D eigenvalue weighted by Gasteiger charge is -2.56. The molecule has 1 aromatic heterocycles. The molecule has 3 aliphatic carbocycles. The predicted molar refractivity (Wildman–Crippen MR) is 100.0 cm³/mol. The van der Waals surface area contributed by atoms with E-state index in [9.17, 15) is 9.59 Å². The molecule has 2 aromatic rings.